The Morgan fingerprint density at radius 2 is 2.00 bits per heavy atom. The molecule has 0 aliphatic heterocycles. The van der Waals surface area contributed by atoms with Crippen LogP contribution in [0.15, 0.2) is 30.5 Å². The molecular weight excluding hydrogens is 344 g/mol. The summed E-state index contributed by atoms with van der Waals surface area (Å²) in [6.07, 6.45) is 6.18. The zero-order valence-corrected chi connectivity index (χ0v) is 14.9. The van der Waals surface area contributed by atoms with Gasteiger partial charge in [-0.1, -0.05) is 18.9 Å². The van der Waals surface area contributed by atoms with Gasteiger partial charge in [0, 0.05) is 16.9 Å². The summed E-state index contributed by atoms with van der Waals surface area (Å²) in [5.41, 5.74) is 0.0105. The molecular formula is C18H21F2N3OS. The molecule has 1 aromatic heterocycles. The van der Waals surface area contributed by atoms with Crippen LogP contribution in [0.3, 0.4) is 0 Å². The number of hydrogen-bond donors (Lipinski definition) is 1. The summed E-state index contributed by atoms with van der Waals surface area (Å²) < 4.78 is 29.5. The van der Waals surface area contributed by atoms with E-state index in [1.807, 2.05) is 4.68 Å². The highest BCUT2D eigenvalue weighted by molar-refractivity contribution is 8.00. The van der Waals surface area contributed by atoms with Crippen LogP contribution in [0, 0.1) is 11.6 Å². The second-order valence-electron chi connectivity index (χ2n) is 6.24. The fraction of sp³-hybridized carbons (Fsp3) is 0.444. The molecule has 1 atom stereocenters. The molecule has 1 aliphatic carbocycles. The quantitative estimate of drug-likeness (QED) is 0.806. The molecule has 0 spiro atoms. The number of rotatable bonds is 6. The van der Waals surface area contributed by atoms with Gasteiger partial charge in [0.25, 0.3) is 0 Å². The van der Waals surface area contributed by atoms with Crippen molar-refractivity contribution >= 4 is 23.5 Å². The predicted molar refractivity (Wildman–Crippen MR) is 95.6 cm³/mol. The number of nitrogens with zero attached hydrogens (tertiary/aromatic N) is 2. The minimum atomic E-state index is -0.584. The third kappa shape index (κ3) is 4.21. The minimum absolute atomic E-state index is 0.0105. The summed E-state index contributed by atoms with van der Waals surface area (Å²) >= 11 is 1.20. The smallest absolute Gasteiger partial charge is 0.235 e. The van der Waals surface area contributed by atoms with Crippen molar-refractivity contribution < 1.29 is 13.6 Å². The standard InChI is InChI=1S/C18H21F2N3OS/c1-12(18-14(19)7-4-8-15(18)20)25-11-17(24)22-16-9-10-21-23(16)13-5-2-3-6-13/h4,7-10,12-13H,2-3,5-6,11H2,1H3,(H,22,24). The Morgan fingerprint density at radius 1 is 1.32 bits per heavy atom. The van der Waals surface area contributed by atoms with Gasteiger partial charge >= 0.3 is 0 Å². The highest BCUT2D eigenvalue weighted by atomic mass is 32.2. The Kier molecular flexibility index (Phi) is 5.73. The van der Waals surface area contributed by atoms with Crippen LogP contribution in [0.5, 0.6) is 0 Å². The van der Waals surface area contributed by atoms with Crippen molar-refractivity contribution in [3.8, 4) is 0 Å². The summed E-state index contributed by atoms with van der Waals surface area (Å²) in [7, 11) is 0. The van der Waals surface area contributed by atoms with Crippen LogP contribution in [0.2, 0.25) is 0 Å². The van der Waals surface area contributed by atoms with Gasteiger partial charge in [-0.3, -0.25) is 4.79 Å². The second kappa shape index (κ2) is 7.99. The van der Waals surface area contributed by atoms with Gasteiger partial charge in [0.1, 0.15) is 17.5 Å². The predicted octanol–water partition coefficient (Wildman–Crippen LogP) is 4.71. The number of halogens is 2. The summed E-state index contributed by atoms with van der Waals surface area (Å²) in [6.45, 7) is 1.70. The number of hydrogen-bond acceptors (Lipinski definition) is 3. The van der Waals surface area contributed by atoms with Crippen LogP contribution < -0.4 is 5.32 Å². The number of carbonyl (C=O) groups excluding carboxylic acids is 1. The van der Waals surface area contributed by atoms with Crippen LogP contribution in [0.1, 0.15) is 49.5 Å². The van der Waals surface area contributed by atoms with Crippen LogP contribution in [0.25, 0.3) is 0 Å². The highest BCUT2D eigenvalue weighted by Crippen LogP contribution is 2.33. The molecule has 0 bridgehead atoms. The average molecular weight is 365 g/mol. The number of carbonyl (C=O) groups is 1. The summed E-state index contributed by atoms with van der Waals surface area (Å²) in [5, 5.41) is 6.72. The molecule has 0 saturated heterocycles. The van der Waals surface area contributed by atoms with Crippen LogP contribution in [0.4, 0.5) is 14.6 Å². The fourth-order valence-electron chi connectivity index (χ4n) is 3.22. The van der Waals surface area contributed by atoms with E-state index in [0.29, 0.717) is 11.9 Å². The first-order valence-corrected chi connectivity index (χ1v) is 9.50. The van der Waals surface area contributed by atoms with Crippen molar-refractivity contribution in [2.24, 2.45) is 0 Å². The molecule has 7 heteroatoms. The maximum atomic E-state index is 13.8. The Morgan fingerprint density at radius 3 is 2.68 bits per heavy atom. The van der Waals surface area contributed by atoms with E-state index in [2.05, 4.69) is 10.4 Å². The molecule has 4 nitrogen and oxygen atoms in total. The summed E-state index contributed by atoms with van der Waals surface area (Å²) in [4.78, 5) is 12.2. The van der Waals surface area contributed by atoms with Crippen molar-refractivity contribution in [3.63, 3.8) is 0 Å². The zero-order chi connectivity index (χ0) is 17.8. The van der Waals surface area contributed by atoms with Crippen molar-refractivity contribution in [2.75, 3.05) is 11.1 Å². The van der Waals surface area contributed by atoms with E-state index < -0.39 is 16.9 Å². The first-order chi connectivity index (χ1) is 12.1. The summed E-state index contributed by atoms with van der Waals surface area (Å²) in [6, 6.07) is 5.92. The lowest BCUT2D eigenvalue weighted by atomic mass is 10.1. The SMILES string of the molecule is CC(SCC(=O)Nc1ccnn1C1CCCC1)c1c(F)cccc1F. The van der Waals surface area contributed by atoms with Gasteiger partial charge in [0.15, 0.2) is 0 Å². The monoisotopic (exact) mass is 365 g/mol. The lowest BCUT2D eigenvalue weighted by Crippen LogP contribution is -2.19. The molecule has 134 valence electrons. The first-order valence-electron chi connectivity index (χ1n) is 8.45. The molecule has 1 unspecified atom stereocenters. The summed E-state index contributed by atoms with van der Waals surface area (Å²) in [5.74, 6) is -0.569. The largest absolute Gasteiger partial charge is 0.310 e. The van der Waals surface area contributed by atoms with Crippen LogP contribution in [-0.4, -0.2) is 21.4 Å². The van der Waals surface area contributed by atoms with E-state index in [9.17, 15) is 13.6 Å². The maximum absolute atomic E-state index is 13.8. The van der Waals surface area contributed by atoms with Gasteiger partial charge in [-0.05, 0) is 31.9 Å². The molecule has 1 aromatic carbocycles. The van der Waals surface area contributed by atoms with E-state index in [1.54, 1.807) is 19.2 Å². The van der Waals surface area contributed by atoms with E-state index in [4.69, 9.17) is 0 Å². The molecule has 3 rings (SSSR count). The normalized spacial score (nSPS) is 16.1. The number of anilines is 1. The number of amides is 1. The van der Waals surface area contributed by atoms with Crippen molar-refractivity contribution in [1.82, 2.24) is 9.78 Å². The molecule has 1 aliphatic rings. The molecule has 0 radical (unpaired) electrons. The molecule has 1 saturated carbocycles. The van der Waals surface area contributed by atoms with Crippen LogP contribution in [-0.2, 0) is 4.79 Å². The third-order valence-corrected chi connectivity index (χ3v) is 5.64. The van der Waals surface area contributed by atoms with Gasteiger partial charge in [-0.25, -0.2) is 13.5 Å². The van der Waals surface area contributed by atoms with E-state index in [-0.39, 0.29) is 17.2 Å². The third-order valence-electron chi connectivity index (χ3n) is 4.48. The number of nitrogens with one attached hydrogen (secondary N) is 1. The molecule has 2 aromatic rings. The zero-order valence-electron chi connectivity index (χ0n) is 14.0. The minimum Gasteiger partial charge on any atom is -0.310 e. The first kappa shape index (κ1) is 17.9. The number of thioether (sulfide) groups is 1. The lowest BCUT2D eigenvalue weighted by Gasteiger charge is -2.16. The van der Waals surface area contributed by atoms with Crippen molar-refractivity contribution in [3.05, 3.63) is 47.7 Å². The van der Waals surface area contributed by atoms with Crippen molar-refractivity contribution in [1.29, 1.82) is 0 Å². The van der Waals surface area contributed by atoms with E-state index in [1.165, 1.54) is 42.8 Å². The lowest BCUT2D eigenvalue weighted by molar-refractivity contribution is -0.113. The number of benzene rings is 1. The molecule has 1 N–H and O–H groups in total. The Bertz CT molecular complexity index is 723. The topological polar surface area (TPSA) is 46.9 Å². The Balaban J connectivity index is 1.58. The van der Waals surface area contributed by atoms with Gasteiger partial charge < -0.3 is 5.32 Å². The number of aromatic nitrogens is 2. The second-order valence-corrected chi connectivity index (χ2v) is 7.57. The van der Waals surface area contributed by atoms with Gasteiger partial charge in [0.05, 0.1) is 18.0 Å². The van der Waals surface area contributed by atoms with Gasteiger partial charge in [-0.15, -0.1) is 11.8 Å². The molecule has 25 heavy (non-hydrogen) atoms. The Hall–Kier alpha value is -1.89. The van der Waals surface area contributed by atoms with Gasteiger partial charge in [-0.2, -0.15) is 5.10 Å². The average Bonchev–Trinajstić information content (AvgIpc) is 3.23. The fourth-order valence-corrected chi connectivity index (χ4v) is 4.08. The Labute approximate surface area is 150 Å². The molecule has 1 amide bonds. The maximum Gasteiger partial charge on any atom is 0.235 e. The van der Waals surface area contributed by atoms with Gasteiger partial charge in [0.2, 0.25) is 5.91 Å². The van der Waals surface area contributed by atoms with E-state index in [0.717, 1.165) is 12.8 Å². The van der Waals surface area contributed by atoms with Crippen molar-refractivity contribution in [2.45, 2.75) is 43.9 Å². The van der Waals surface area contributed by atoms with E-state index >= 15 is 0 Å². The molecule has 1 fully saturated rings. The highest BCUT2D eigenvalue weighted by Gasteiger charge is 2.21. The molecule has 1 heterocycles. The van der Waals surface area contributed by atoms with Crippen LogP contribution >= 0.6 is 11.8 Å².